The smallest absolute Gasteiger partial charge is 0.133 e. The summed E-state index contributed by atoms with van der Waals surface area (Å²) in [6, 6.07) is 8.37. The third-order valence-corrected chi connectivity index (χ3v) is 5.20. The van der Waals surface area contributed by atoms with E-state index in [-0.39, 0.29) is 6.04 Å². The Morgan fingerprint density at radius 2 is 2.11 bits per heavy atom. The maximum atomic E-state index is 6.16. The highest BCUT2D eigenvalue weighted by Gasteiger charge is 2.17. The fraction of sp³-hybridized carbons (Fsp3) is 0.286. The second-order valence-corrected chi connectivity index (χ2v) is 6.76. The lowest BCUT2D eigenvalue weighted by Gasteiger charge is -2.16. The Morgan fingerprint density at radius 3 is 2.58 bits per heavy atom. The van der Waals surface area contributed by atoms with Gasteiger partial charge in [-0.1, -0.05) is 17.7 Å². The number of methoxy groups -OCH3 is 1. The van der Waals surface area contributed by atoms with Crippen LogP contribution in [0.1, 0.15) is 22.0 Å². The topological polar surface area (TPSA) is 21.3 Å². The predicted octanol–water partition coefficient (Wildman–Crippen LogP) is 4.79. The van der Waals surface area contributed by atoms with E-state index in [9.17, 15) is 0 Å². The number of aryl methyl sites for hydroxylation is 1. The summed E-state index contributed by atoms with van der Waals surface area (Å²) in [7, 11) is 3.61. The molecule has 1 aromatic carbocycles. The fourth-order valence-electron chi connectivity index (χ4n) is 1.96. The molecule has 2 nitrogen and oxygen atoms in total. The van der Waals surface area contributed by atoms with Crippen LogP contribution in [0, 0.1) is 6.92 Å². The van der Waals surface area contributed by atoms with E-state index in [4.69, 9.17) is 16.3 Å². The van der Waals surface area contributed by atoms with E-state index in [0.29, 0.717) is 0 Å². The van der Waals surface area contributed by atoms with Crippen LogP contribution in [0.4, 0.5) is 0 Å². The van der Waals surface area contributed by atoms with E-state index >= 15 is 0 Å². The summed E-state index contributed by atoms with van der Waals surface area (Å²) in [5.41, 5.74) is 2.29. The van der Waals surface area contributed by atoms with Gasteiger partial charge in [0.1, 0.15) is 5.75 Å². The molecule has 1 aromatic heterocycles. The van der Waals surface area contributed by atoms with Gasteiger partial charge in [-0.05, 0) is 59.2 Å². The zero-order valence-electron chi connectivity index (χ0n) is 11.0. The van der Waals surface area contributed by atoms with Crippen molar-refractivity contribution < 1.29 is 4.74 Å². The minimum absolute atomic E-state index is 0.137. The molecule has 0 radical (unpaired) electrons. The van der Waals surface area contributed by atoms with Gasteiger partial charge in [-0.15, -0.1) is 11.3 Å². The minimum Gasteiger partial charge on any atom is -0.496 e. The first-order valence-corrected chi connectivity index (χ1v) is 7.82. The Morgan fingerprint density at radius 1 is 1.37 bits per heavy atom. The number of thiophene rings is 1. The number of rotatable bonds is 4. The lowest BCUT2D eigenvalue weighted by atomic mass is 10.0. The Kier molecular flexibility index (Phi) is 4.90. The van der Waals surface area contributed by atoms with Crippen LogP contribution < -0.4 is 10.1 Å². The Balaban J connectivity index is 2.39. The normalized spacial score (nSPS) is 12.5. The molecule has 0 spiro atoms. The lowest BCUT2D eigenvalue weighted by Crippen LogP contribution is -2.16. The van der Waals surface area contributed by atoms with Crippen molar-refractivity contribution in [3.8, 4) is 5.75 Å². The number of nitrogens with one attached hydrogen (secondary N) is 1. The van der Waals surface area contributed by atoms with Gasteiger partial charge in [0.15, 0.2) is 0 Å². The first-order chi connectivity index (χ1) is 9.06. The van der Waals surface area contributed by atoms with Gasteiger partial charge in [0, 0.05) is 4.88 Å². The maximum absolute atomic E-state index is 6.16. The van der Waals surface area contributed by atoms with Crippen molar-refractivity contribution in [1.82, 2.24) is 5.32 Å². The minimum atomic E-state index is 0.137. The zero-order valence-corrected chi connectivity index (χ0v) is 14.1. The summed E-state index contributed by atoms with van der Waals surface area (Å²) in [4.78, 5) is 1.21. The molecule has 5 heteroatoms. The summed E-state index contributed by atoms with van der Waals surface area (Å²) in [5, 5.41) is 3.33. The average molecular weight is 361 g/mol. The summed E-state index contributed by atoms with van der Waals surface area (Å²) < 4.78 is 7.06. The van der Waals surface area contributed by atoms with E-state index in [1.54, 1.807) is 18.4 Å². The quantitative estimate of drug-likeness (QED) is 0.846. The van der Waals surface area contributed by atoms with Gasteiger partial charge in [0.05, 0.1) is 22.0 Å². The molecule has 0 aliphatic heterocycles. The molecule has 1 N–H and O–H groups in total. The van der Waals surface area contributed by atoms with Crippen LogP contribution in [0.2, 0.25) is 4.34 Å². The molecule has 0 saturated heterocycles. The number of halogens is 2. The highest BCUT2D eigenvalue weighted by atomic mass is 79.9. The molecule has 0 aliphatic carbocycles. The predicted molar refractivity (Wildman–Crippen MR) is 85.7 cm³/mol. The van der Waals surface area contributed by atoms with Crippen LogP contribution in [0.3, 0.4) is 0 Å². The van der Waals surface area contributed by atoms with Gasteiger partial charge in [0.2, 0.25) is 0 Å². The number of benzene rings is 1. The summed E-state index contributed by atoms with van der Waals surface area (Å²) in [5.74, 6) is 0.832. The number of hydrogen-bond donors (Lipinski definition) is 1. The molecule has 19 heavy (non-hydrogen) atoms. The molecule has 102 valence electrons. The van der Waals surface area contributed by atoms with Gasteiger partial charge in [-0.2, -0.15) is 0 Å². The van der Waals surface area contributed by atoms with Crippen LogP contribution in [0.5, 0.6) is 5.75 Å². The van der Waals surface area contributed by atoms with Crippen LogP contribution in [-0.2, 0) is 0 Å². The van der Waals surface area contributed by atoms with Gasteiger partial charge < -0.3 is 10.1 Å². The summed E-state index contributed by atoms with van der Waals surface area (Å²) >= 11 is 11.3. The zero-order chi connectivity index (χ0) is 14.0. The summed E-state index contributed by atoms with van der Waals surface area (Å²) in [6.07, 6.45) is 0. The highest BCUT2D eigenvalue weighted by molar-refractivity contribution is 9.10. The summed E-state index contributed by atoms with van der Waals surface area (Å²) in [6.45, 7) is 2.03. The first-order valence-electron chi connectivity index (χ1n) is 5.83. The monoisotopic (exact) mass is 359 g/mol. The molecule has 0 fully saturated rings. The molecule has 1 unspecified atom stereocenters. The molecular formula is C14H15BrClNOS. The Labute approximate surface area is 130 Å². The van der Waals surface area contributed by atoms with E-state index in [0.717, 1.165) is 20.1 Å². The van der Waals surface area contributed by atoms with Crippen molar-refractivity contribution in [2.24, 2.45) is 0 Å². The molecule has 2 rings (SSSR count). The van der Waals surface area contributed by atoms with Crippen LogP contribution in [0.25, 0.3) is 0 Å². The number of hydrogen-bond acceptors (Lipinski definition) is 3. The van der Waals surface area contributed by atoms with Gasteiger partial charge in [-0.3, -0.25) is 0 Å². The van der Waals surface area contributed by atoms with Crippen molar-refractivity contribution in [3.05, 3.63) is 49.1 Å². The van der Waals surface area contributed by atoms with Crippen molar-refractivity contribution in [2.75, 3.05) is 14.2 Å². The third-order valence-electron chi connectivity index (χ3n) is 2.96. The second kappa shape index (κ2) is 6.27. The third kappa shape index (κ3) is 3.14. The van der Waals surface area contributed by atoms with E-state index < -0.39 is 0 Å². The molecule has 0 aliphatic rings. The average Bonchev–Trinajstić information content (AvgIpc) is 2.70. The largest absolute Gasteiger partial charge is 0.496 e. The van der Waals surface area contributed by atoms with Gasteiger partial charge >= 0.3 is 0 Å². The highest BCUT2D eigenvalue weighted by Crippen LogP contribution is 2.36. The van der Waals surface area contributed by atoms with Crippen LogP contribution in [-0.4, -0.2) is 14.2 Å². The van der Waals surface area contributed by atoms with Gasteiger partial charge in [0.25, 0.3) is 0 Å². The molecule has 1 atom stereocenters. The van der Waals surface area contributed by atoms with Crippen molar-refractivity contribution in [3.63, 3.8) is 0 Å². The Hall–Kier alpha value is -0.550. The SMILES string of the molecule is CNC(c1ccc(OC)c(Br)c1)c1cc(C)c(Cl)s1. The molecule has 0 saturated carbocycles. The number of ether oxygens (including phenoxy) is 1. The van der Waals surface area contributed by atoms with E-state index in [2.05, 4.69) is 39.4 Å². The molecule has 0 bridgehead atoms. The van der Waals surface area contributed by atoms with Crippen LogP contribution in [0.15, 0.2) is 28.7 Å². The molecule has 1 heterocycles. The Bertz CT molecular complexity index is 565. The first kappa shape index (κ1) is 14.9. The van der Waals surface area contributed by atoms with Gasteiger partial charge in [-0.25, -0.2) is 0 Å². The maximum Gasteiger partial charge on any atom is 0.133 e. The standard InChI is InChI=1S/C14H15BrClNOS/c1-8-6-12(19-14(8)16)13(17-2)9-4-5-11(18-3)10(15)7-9/h4-7,13,17H,1-3H3. The van der Waals surface area contributed by atoms with Crippen molar-refractivity contribution in [2.45, 2.75) is 13.0 Å². The van der Waals surface area contributed by atoms with Crippen molar-refractivity contribution in [1.29, 1.82) is 0 Å². The van der Waals surface area contributed by atoms with Crippen LogP contribution >= 0.6 is 38.9 Å². The lowest BCUT2D eigenvalue weighted by molar-refractivity contribution is 0.412. The molecule has 2 aromatic rings. The molecular weight excluding hydrogens is 346 g/mol. The second-order valence-electron chi connectivity index (χ2n) is 4.22. The van der Waals surface area contributed by atoms with E-state index in [1.807, 2.05) is 20.0 Å². The van der Waals surface area contributed by atoms with E-state index in [1.165, 1.54) is 10.4 Å². The molecule has 0 amide bonds. The van der Waals surface area contributed by atoms with Crippen molar-refractivity contribution >= 4 is 38.9 Å². The fourth-order valence-corrected chi connectivity index (χ4v) is 3.88.